The minimum absolute atomic E-state index is 0. The van der Waals surface area contributed by atoms with Crippen LogP contribution in [0.1, 0.15) is 12.5 Å². The molecule has 0 radical (unpaired) electrons. The van der Waals surface area contributed by atoms with Crippen LogP contribution in [0.5, 0.6) is 0 Å². The van der Waals surface area contributed by atoms with E-state index in [-0.39, 0.29) is 24.1 Å². The number of hydrogen-bond donors (Lipinski definition) is 1. The van der Waals surface area contributed by atoms with Gasteiger partial charge in [0.2, 0.25) is 5.91 Å². The molecule has 1 heterocycles. The molecule has 0 saturated carbocycles. The second kappa shape index (κ2) is 7.94. The van der Waals surface area contributed by atoms with E-state index in [2.05, 4.69) is 4.90 Å². The van der Waals surface area contributed by atoms with Gasteiger partial charge in [0.05, 0.1) is 6.04 Å². The predicted octanol–water partition coefficient (Wildman–Crippen LogP) is 1.89. The van der Waals surface area contributed by atoms with Crippen LogP contribution in [0.15, 0.2) is 18.2 Å². The molecule has 1 fully saturated rings. The zero-order valence-electron chi connectivity index (χ0n) is 11.9. The minimum atomic E-state index is -0.470. The summed E-state index contributed by atoms with van der Waals surface area (Å²) in [5.41, 5.74) is 6.11. The highest BCUT2D eigenvalue weighted by molar-refractivity contribution is 6.31. The molecule has 2 rings (SSSR count). The fourth-order valence-electron chi connectivity index (χ4n) is 2.32. The van der Waals surface area contributed by atoms with Gasteiger partial charge in [-0.3, -0.25) is 9.69 Å². The van der Waals surface area contributed by atoms with E-state index in [0.717, 1.165) is 0 Å². The van der Waals surface area contributed by atoms with Crippen molar-refractivity contribution in [1.82, 2.24) is 9.80 Å². The maximum absolute atomic E-state index is 13.7. The van der Waals surface area contributed by atoms with Gasteiger partial charge < -0.3 is 10.6 Å². The van der Waals surface area contributed by atoms with E-state index in [1.165, 1.54) is 6.07 Å². The Labute approximate surface area is 135 Å². The normalized spacial score (nSPS) is 17.2. The lowest BCUT2D eigenvalue weighted by atomic mass is 10.1. The molecule has 1 unspecified atom stereocenters. The first-order valence-corrected chi connectivity index (χ1v) is 7.06. The number of amides is 1. The van der Waals surface area contributed by atoms with Crippen molar-refractivity contribution in [3.8, 4) is 0 Å². The first-order chi connectivity index (χ1) is 9.49. The molecule has 2 N–H and O–H groups in total. The molecule has 118 valence electrons. The van der Waals surface area contributed by atoms with Crippen molar-refractivity contribution >= 4 is 29.9 Å². The molecule has 0 aliphatic carbocycles. The molecule has 7 heteroatoms. The summed E-state index contributed by atoms with van der Waals surface area (Å²) in [7, 11) is 0. The maximum Gasteiger partial charge on any atom is 0.239 e. The van der Waals surface area contributed by atoms with Crippen LogP contribution in [0.3, 0.4) is 0 Å². The first-order valence-electron chi connectivity index (χ1n) is 6.68. The SMILES string of the molecule is CC(N)C(=O)N1CCN(Cc2c(F)cccc2Cl)CC1.Cl. The number of halogens is 3. The third-order valence-electron chi connectivity index (χ3n) is 3.52. The van der Waals surface area contributed by atoms with Crippen LogP contribution in [0.25, 0.3) is 0 Å². The van der Waals surface area contributed by atoms with Crippen molar-refractivity contribution in [2.24, 2.45) is 5.73 Å². The van der Waals surface area contributed by atoms with Gasteiger partial charge >= 0.3 is 0 Å². The van der Waals surface area contributed by atoms with E-state index in [1.807, 2.05) is 0 Å². The Morgan fingerprint density at radius 2 is 2.00 bits per heavy atom. The number of carbonyl (C=O) groups is 1. The smallest absolute Gasteiger partial charge is 0.239 e. The Bertz CT molecular complexity index is 471. The maximum atomic E-state index is 13.7. The highest BCUT2D eigenvalue weighted by Gasteiger charge is 2.23. The van der Waals surface area contributed by atoms with Gasteiger partial charge in [-0.15, -0.1) is 12.4 Å². The van der Waals surface area contributed by atoms with E-state index < -0.39 is 6.04 Å². The molecule has 0 aromatic heterocycles. The number of benzene rings is 1. The van der Waals surface area contributed by atoms with Crippen LogP contribution in [0, 0.1) is 5.82 Å². The number of piperazine rings is 1. The van der Waals surface area contributed by atoms with Gasteiger partial charge in [0.1, 0.15) is 5.82 Å². The van der Waals surface area contributed by atoms with Crippen LogP contribution < -0.4 is 5.73 Å². The Kier molecular flexibility index (Phi) is 6.87. The second-order valence-corrected chi connectivity index (χ2v) is 5.50. The first kappa shape index (κ1) is 18.2. The molecule has 1 atom stereocenters. The average molecular weight is 336 g/mol. The summed E-state index contributed by atoms with van der Waals surface area (Å²) in [5.74, 6) is -0.319. The van der Waals surface area contributed by atoms with Gasteiger partial charge in [-0.25, -0.2) is 4.39 Å². The number of nitrogens with two attached hydrogens (primary N) is 1. The summed E-state index contributed by atoms with van der Waals surface area (Å²) < 4.78 is 13.7. The summed E-state index contributed by atoms with van der Waals surface area (Å²) in [6, 6.07) is 4.23. The van der Waals surface area contributed by atoms with Gasteiger partial charge in [0.25, 0.3) is 0 Å². The Morgan fingerprint density at radius 3 is 2.52 bits per heavy atom. The summed E-state index contributed by atoms with van der Waals surface area (Å²) in [5, 5.41) is 0.444. The Morgan fingerprint density at radius 1 is 1.38 bits per heavy atom. The molecule has 0 spiro atoms. The highest BCUT2D eigenvalue weighted by atomic mass is 35.5. The van der Waals surface area contributed by atoms with Gasteiger partial charge in [-0.1, -0.05) is 17.7 Å². The van der Waals surface area contributed by atoms with Crippen molar-refractivity contribution in [2.75, 3.05) is 26.2 Å². The third kappa shape index (κ3) is 4.54. The van der Waals surface area contributed by atoms with Crippen LogP contribution in [0.2, 0.25) is 5.02 Å². The number of hydrogen-bond acceptors (Lipinski definition) is 3. The van der Waals surface area contributed by atoms with E-state index in [9.17, 15) is 9.18 Å². The van der Waals surface area contributed by atoms with Crippen LogP contribution in [-0.4, -0.2) is 47.9 Å². The molecule has 1 aromatic rings. The monoisotopic (exact) mass is 335 g/mol. The van der Waals surface area contributed by atoms with Crippen molar-refractivity contribution in [3.05, 3.63) is 34.6 Å². The molecule has 1 amide bonds. The van der Waals surface area contributed by atoms with Crippen molar-refractivity contribution in [1.29, 1.82) is 0 Å². The molecule has 1 aliphatic rings. The van der Waals surface area contributed by atoms with Crippen LogP contribution in [-0.2, 0) is 11.3 Å². The van der Waals surface area contributed by atoms with E-state index in [4.69, 9.17) is 17.3 Å². The highest BCUT2D eigenvalue weighted by Crippen LogP contribution is 2.21. The lowest BCUT2D eigenvalue weighted by Gasteiger charge is -2.35. The van der Waals surface area contributed by atoms with E-state index in [1.54, 1.807) is 24.0 Å². The minimum Gasteiger partial charge on any atom is -0.339 e. The second-order valence-electron chi connectivity index (χ2n) is 5.09. The fraction of sp³-hybridized carbons (Fsp3) is 0.500. The molecule has 21 heavy (non-hydrogen) atoms. The van der Waals surface area contributed by atoms with Gasteiger partial charge in [0.15, 0.2) is 0 Å². The number of rotatable bonds is 3. The number of nitrogens with zero attached hydrogens (tertiary/aromatic N) is 2. The van der Waals surface area contributed by atoms with Crippen molar-refractivity contribution in [2.45, 2.75) is 19.5 Å². The zero-order valence-corrected chi connectivity index (χ0v) is 13.5. The molecule has 1 aliphatic heterocycles. The third-order valence-corrected chi connectivity index (χ3v) is 3.87. The molecular formula is C14H20Cl2FN3O. The topological polar surface area (TPSA) is 49.6 Å². The molecule has 1 aromatic carbocycles. The molecular weight excluding hydrogens is 316 g/mol. The van der Waals surface area contributed by atoms with E-state index in [0.29, 0.717) is 43.3 Å². The van der Waals surface area contributed by atoms with Crippen LogP contribution in [0.4, 0.5) is 4.39 Å². The van der Waals surface area contributed by atoms with Crippen molar-refractivity contribution in [3.63, 3.8) is 0 Å². The van der Waals surface area contributed by atoms with Gasteiger partial charge in [-0.05, 0) is 19.1 Å². The summed E-state index contributed by atoms with van der Waals surface area (Å²) in [4.78, 5) is 15.6. The van der Waals surface area contributed by atoms with Crippen molar-refractivity contribution < 1.29 is 9.18 Å². The lowest BCUT2D eigenvalue weighted by molar-refractivity contribution is -0.134. The summed E-state index contributed by atoms with van der Waals surface area (Å²) >= 11 is 6.02. The quantitative estimate of drug-likeness (QED) is 0.917. The van der Waals surface area contributed by atoms with E-state index >= 15 is 0 Å². The van der Waals surface area contributed by atoms with Crippen LogP contribution >= 0.6 is 24.0 Å². The standard InChI is InChI=1S/C14H19ClFN3O.ClH/c1-10(17)14(20)19-7-5-18(6-8-19)9-11-12(15)3-2-4-13(11)16;/h2-4,10H,5-9,17H2,1H3;1H. The predicted molar refractivity (Wildman–Crippen MR) is 84.2 cm³/mol. The zero-order chi connectivity index (χ0) is 14.7. The average Bonchev–Trinajstić information content (AvgIpc) is 2.43. The summed E-state index contributed by atoms with van der Waals surface area (Å²) in [6.45, 7) is 4.78. The Balaban J connectivity index is 0.00000220. The molecule has 4 nitrogen and oxygen atoms in total. The van der Waals surface area contributed by atoms with Gasteiger partial charge in [0, 0.05) is 43.3 Å². The largest absolute Gasteiger partial charge is 0.339 e. The summed E-state index contributed by atoms with van der Waals surface area (Å²) in [6.07, 6.45) is 0. The Hall–Kier alpha value is -0.880. The van der Waals surface area contributed by atoms with Gasteiger partial charge in [-0.2, -0.15) is 0 Å². The fourth-order valence-corrected chi connectivity index (χ4v) is 2.54. The number of carbonyl (C=O) groups excluding carboxylic acids is 1. The molecule has 1 saturated heterocycles. The molecule has 0 bridgehead atoms. The lowest BCUT2D eigenvalue weighted by Crippen LogP contribution is -2.52.